The van der Waals surface area contributed by atoms with Gasteiger partial charge < -0.3 is 0 Å². The number of nitrogens with zero attached hydrogens (tertiary/aromatic N) is 7. The maximum Gasteiger partial charge on any atom is 0.164 e. The first-order chi connectivity index (χ1) is 44.1. The molecule has 4 heterocycles. The molecule has 424 valence electrons. The molecule has 12 aromatic carbocycles. The Balaban J connectivity index is 0.000000141. The van der Waals surface area contributed by atoms with Gasteiger partial charge in [0.05, 0.1) is 22.4 Å². The molecule has 0 amide bonds. The molecule has 0 atom stereocenters. The normalized spacial score (nSPS) is 13.3. The third kappa shape index (κ3) is 8.52. The van der Waals surface area contributed by atoms with Crippen molar-refractivity contribution in [2.75, 3.05) is 0 Å². The average molecular weight is 1150 g/mol. The van der Waals surface area contributed by atoms with Gasteiger partial charge in [0.2, 0.25) is 0 Å². The van der Waals surface area contributed by atoms with E-state index in [9.17, 15) is 0 Å². The molecule has 4 aromatic heterocycles. The fraction of sp³-hybridized carbons (Fsp3) is 0.0723. The van der Waals surface area contributed by atoms with Gasteiger partial charge in [0.25, 0.3) is 0 Å². The van der Waals surface area contributed by atoms with Crippen LogP contribution in [0.25, 0.3) is 155 Å². The summed E-state index contributed by atoms with van der Waals surface area (Å²) < 4.78 is 0. The SMILES string of the molecule is CC1(C)c2cc(-c3nc(-c4ccc5ccccc5c4)nc(-c4ccc5ccccc5c4)n3)ccc2-c2c1c1cccnc1c1ccccc21.CC1(C)c2cc(-c3nc(-c4ccccc4)cc(-c4ccccc4)n3)ccc2-c2c1c1cccnc1c1ccccc21. The van der Waals surface area contributed by atoms with Crippen LogP contribution in [0.15, 0.2) is 273 Å². The van der Waals surface area contributed by atoms with E-state index < -0.39 is 0 Å². The molecule has 0 radical (unpaired) electrons. The van der Waals surface area contributed by atoms with Gasteiger partial charge in [-0.1, -0.05) is 246 Å². The van der Waals surface area contributed by atoms with Crippen LogP contribution in [0.5, 0.6) is 0 Å². The average Bonchev–Trinajstić information content (AvgIpc) is 1.62. The Morgan fingerprint density at radius 3 is 1.03 bits per heavy atom. The number of fused-ring (bicyclic) bond motifs is 18. The zero-order valence-electron chi connectivity index (χ0n) is 50.1. The molecule has 16 aromatic rings. The highest BCUT2D eigenvalue weighted by molar-refractivity contribution is 6.18. The summed E-state index contributed by atoms with van der Waals surface area (Å²) in [5.41, 5.74) is 19.9. The van der Waals surface area contributed by atoms with Crippen LogP contribution in [0.3, 0.4) is 0 Å². The monoisotopic (exact) mass is 1150 g/mol. The number of aromatic nitrogens is 7. The van der Waals surface area contributed by atoms with Crippen molar-refractivity contribution in [1.29, 1.82) is 0 Å². The van der Waals surface area contributed by atoms with Crippen LogP contribution in [0, 0.1) is 0 Å². The van der Waals surface area contributed by atoms with E-state index in [4.69, 9.17) is 34.9 Å². The standard InChI is InChI=1S/C45H30N4.C38H27N3/c1-45(2)38-26-33(21-22-36(38)39-34-14-7-8-15-35(34)41-37(40(39)45)16-9-23-46-41)44-48-42(31-19-17-27-10-3-5-12-29(27)24-31)47-43(49-44)32-20-18-28-11-4-6-13-30(28)25-32;1-38(2)31-22-26(37-40-32(24-12-5-3-6-13-24)23-33(41-37)25-14-7-4-8-15-25)19-20-29(31)34-27-16-9-10-17-28(27)36-30(35(34)38)18-11-21-39-36/h3-26H,1-2H3;3-23H,1-2H3. The maximum atomic E-state index is 5.16. The second-order valence-electron chi connectivity index (χ2n) is 24.8. The highest BCUT2D eigenvalue weighted by atomic mass is 15.0. The maximum absolute atomic E-state index is 5.16. The van der Waals surface area contributed by atoms with Crippen LogP contribution in [-0.2, 0) is 10.8 Å². The highest BCUT2D eigenvalue weighted by Crippen LogP contribution is 2.57. The smallest absolute Gasteiger partial charge is 0.164 e. The summed E-state index contributed by atoms with van der Waals surface area (Å²) in [6.07, 6.45) is 3.80. The van der Waals surface area contributed by atoms with Crippen LogP contribution >= 0.6 is 0 Å². The molecule has 0 fully saturated rings. The minimum atomic E-state index is -0.263. The lowest BCUT2D eigenvalue weighted by Crippen LogP contribution is -2.16. The van der Waals surface area contributed by atoms with Gasteiger partial charge in [-0.05, 0) is 119 Å². The molecule has 0 saturated heterocycles. The number of hydrogen-bond acceptors (Lipinski definition) is 7. The van der Waals surface area contributed by atoms with Crippen molar-refractivity contribution < 1.29 is 0 Å². The van der Waals surface area contributed by atoms with Crippen molar-refractivity contribution in [3.8, 4) is 90.3 Å². The molecule has 2 aliphatic rings. The van der Waals surface area contributed by atoms with Crippen molar-refractivity contribution in [3.63, 3.8) is 0 Å². The van der Waals surface area contributed by atoms with Crippen molar-refractivity contribution in [2.45, 2.75) is 38.5 Å². The lowest BCUT2D eigenvalue weighted by atomic mass is 9.79. The first kappa shape index (κ1) is 52.9. The van der Waals surface area contributed by atoms with Crippen LogP contribution in [0.4, 0.5) is 0 Å². The van der Waals surface area contributed by atoms with Crippen molar-refractivity contribution in [3.05, 3.63) is 296 Å². The largest absolute Gasteiger partial charge is 0.256 e. The first-order valence-electron chi connectivity index (χ1n) is 30.8. The first-order valence-corrected chi connectivity index (χ1v) is 30.8. The number of hydrogen-bond donors (Lipinski definition) is 0. The van der Waals surface area contributed by atoms with E-state index in [-0.39, 0.29) is 10.8 Å². The summed E-state index contributed by atoms with van der Waals surface area (Å²) in [7, 11) is 0. The lowest BCUT2D eigenvalue weighted by Gasteiger charge is -2.24. The predicted molar refractivity (Wildman–Crippen MR) is 370 cm³/mol. The number of benzene rings is 12. The van der Waals surface area contributed by atoms with Gasteiger partial charge in [-0.15, -0.1) is 0 Å². The van der Waals surface area contributed by atoms with Crippen molar-refractivity contribution in [2.24, 2.45) is 0 Å². The van der Waals surface area contributed by atoms with Crippen LogP contribution in [-0.4, -0.2) is 34.9 Å². The molecule has 0 spiro atoms. The highest BCUT2D eigenvalue weighted by Gasteiger charge is 2.41. The second-order valence-corrected chi connectivity index (χ2v) is 24.8. The zero-order valence-corrected chi connectivity index (χ0v) is 50.1. The Hall–Kier alpha value is -11.4. The van der Waals surface area contributed by atoms with E-state index in [0.717, 1.165) is 72.4 Å². The summed E-state index contributed by atoms with van der Waals surface area (Å²) >= 11 is 0. The van der Waals surface area contributed by atoms with E-state index in [1.165, 1.54) is 87.6 Å². The Kier molecular flexibility index (Phi) is 12.1. The third-order valence-electron chi connectivity index (χ3n) is 18.8. The van der Waals surface area contributed by atoms with Crippen LogP contribution in [0.2, 0.25) is 0 Å². The molecule has 7 heteroatoms. The topological polar surface area (TPSA) is 90.2 Å². The molecule has 2 aliphatic carbocycles. The second kappa shape index (κ2) is 20.6. The summed E-state index contributed by atoms with van der Waals surface area (Å²) in [5, 5.41) is 12.0. The van der Waals surface area contributed by atoms with E-state index >= 15 is 0 Å². The summed E-state index contributed by atoms with van der Waals surface area (Å²) in [6, 6.07) is 91.8. The van der Waals surface area contributed by atoms with Gasteiger partial charge in [0.1, 0.15) is 0 Å². The molecular weight excluding hydrogens is 1090 g/mol. The molecule has 0 unspecified atom stereocenters. The minimum absolute atomic E-state index is 0.217. The Bertz CT molecular complexity index is 5460. The third-order valence-corrected chi connectivity index (χ3v) is 18.8. The van der Waals surface area contributed by atoms with E-state index in [1.807, 2.05) is 24.5 Å². The molecular formula is C83H57N7. The molecule has 0 aliphatic heterocycles. The zero-order chi connectivity index (χ0) is 60.2. The molecule has 7 nitrogen and oxygen atoms in total. The number of pyridine rings is 2. The van der Waals surface area contributed by atoms with E-state index in [0.29, 0.717) is 17.5 Å². The Morgan fingerprint density at radius 1 is 0.256 bits per heavy atom. The molecule has 0 bridgehead atoms. The Morgan fingerprint density at radius 2 is 0.600 bits per heavy atom. The fourth-order valence-electron chi connectivity index (χ4n) is 14.5. The van der Waals surface area contributed by atoms with Crippen LogP contribution in [0.1, 0.15) is 49.9 Å². The van der Waals surface area contributed by atoms with E-state index in [2.05, 4.69) is 276 Å². The summed E-state index contributed by atoms with van der Waals surface area (Å²) in [6.45, 7) is 9.33. The van der Waals surface area contributed by atoms with E-state index in [1.54, 1.807) is 0 Å². The summed E-state index contributed by atoms with van der Waals surface area (Å²) in [5.74, 6) is 2.71. The van der Waals surface area contributed by atoms with Crippen molar-refractivity contribution in [1.82, 2.24) is 34.9 Å². The van der Waals surface area contributed by atoms with Gasteiger partial charge in [-0.2, -0.15) is 0 Å². The lowest BCUT2D eigenvalue weighted by molar-refractivity contribution is 0.666. The van der Waals surface area contributed by atoms with Gasteiger partial charge in [-0.25, -0.2) is 24.9 Å². The Labute approximate surface area is 521 Å². The molecule has 90 heavy (non-hydrogen) atoms. The van der Waals surface area contributed by atoms with Gasteiger partial charge >= 0.3 is 0 Å². The quantitative estimate of drug-likeness (QED) is 0.153. The minimum Gasteiger partial charge on any atom is -0.256 e. The predicted octanol–water partition coefficient (Wildman–Crippen LogP) is 20.7. The van der Waals surface area contributed by atoms with Gasteiger partial charge in [0, 0.05) is 78.1 Å². The van der Waals surface area contributed by atoms with Gasteiger partial charge in [-0.3, -0.25) is 9.97 Å². The molecule has 0 N–H and O–H groups in total. The van der Waals surface area contributed by atoms with Crippen LogP contribution < -0.4 is 0 Å². The molecule has 0 saturated carbocycles. The van der Waals surface area contributed by atoms with Crippen molar-refractivity contribution >= 4 is 64.9 Å². The number of rotatable bonds is 6. The molecule has 18 rings (SSSR count). The van der Waals surface area contributed by atoms with Gasteiger partial charge in [0.15, 0.2) is 23.3 Å². The fourth-order valence-corrected chi connectivity index (χ4v) is 14.5. The summed E-state index contributed by atoms with van der Waals surface area (Å²) in [4.78, 5) is 35.3.